The number of unbranched alkanes of at least 4 members (excludes halogenated alkanes) is 46. The molecule has 1 fully saturated rings. The maximum atomic E-state index is 13.1. The number of carbonyl (C=O) groups excluding carboxylic acids is 1. The molecular formula is C62H123NO8. The van der Waals surface area contributed by atoms with Crippen LogP contribution in [0.1, 0.15) is 335 Å². The lowest BCUT2D eigenvalue weighted by molar-refractivity contribution is -0.302. The second kappa shape index (κ2) is 52.6. The molecule has 1 heterocycles. The van der Waals surface area contributed by atoms with Gasteiger partial charge in [0.25, 0.3) is 0 Å². The third kappa shape index (κ3) is 42.0. The molecule has 0 aromatic heterocycles. The first-order valence-electron chi connectivity index (χ1n) is 31.7. The minimum atomic E-state index is -1.55. The minimum absolute atomic E-state index is 0.131. The van der Waals surface area contributed by atoms with E-state index in [0.29, 0.717) is 12.8 Å². The van der Waals surface area contributed by atoms with Crippen molar-refractivity contribution in [1.29, 1.82) is 0 Å². The highest BCUT2D eigenvalue weighted by atomic mass is 16.7. The zero-order valence-electron chi connectivity index (χ0n) is 47.3. The highest BCUT2D eigenvalue weighted by molar-refractivity contribution is 5.76. The Kier molecular flexibility index (Phi) is 50.6. The summed E-state index contributed by atoms with van der Waals surface area (Å²) in [5.74, 6) is -0.135. The summed E-state index contributed by atoms with van der Waals surface area (Å²) in [6.07, 6.45) is 57.3. The van der Waals surface area contributed by atoms with E-state index >= 15 is 0 Å². The van der Waals surface area contributed by atoms with Gasteiger partial charge in [-0.1, -0.05) is 316 Å². The molecule has 1 aliphatic heterocycles. The average Bonchev–Trinajstić information content (AvgIpc) is 3.37. The summed E-state index contributed by atoms with van der Waals surface area (Å²) in [6.45, 7) is 3.89. The van der Waals surface area contributed by atoms with Crippen LogP contribution in [0.4, 0.5) is 0 Å². The van der Waals surface area contributed by atoms with Crippen molar-refractivity contribution in [2.45, 2.75) is 378 Å². The van der Waals surface area contributed by atoms with Crippen molar-refractivity contribution in [3.8, 4) is 0 Å². The van der Waals surface area contributed by atoms with Gasteiger partial charge in [0.2, 0.25) is 5.91 Å². The second-order valence-electron chi connectivity index (χ2n) is 22.6. The third-order valence-corrected chi connectivity index (χ3v) is 15.7. The van der Waals surface area contributed by atoms with Gasteiger partial charge in [0.1, 0.15) is 24.4 Å². The van der Waals surface area contributed by atoms with Gasteiger partial charge in [0, 0.05) is 6.42 Å². The SMILES string of the molecule is CCCCCCCCCCCCCCCCCCCCCCCCCCCCCCCCC(=O)NC(COC1OC(CO)C(O)C(O)C1O)C(O)CCCCCCCCCCCCCCCCCCCC. The molecule has 7 unspecified atom stereocenters. The molecule has 1 amide bonds. The molecule has 0 aliphatic carbocycles. The highest BCUT2D eigenvalue weighted by Crippen LogP contribution is 2.24. The molecule has 6 N–H and O–H groups in total. The van der Waals surface area contributed by atoms with Gasteiger partial charge in [-0.05, 0) is 12.8 Å². The standard InChI is InChI=1S/C62H123NO8/c1-3-5-7-9-11-13-15-17-19-21-23-24-25-26-27-28-29-30-31-32-33-34-36-38-40-42-44-46-48-50-52-58(66)63-55(54-70-62-61(69)60(68)59(67)57(53-64)71-62)56(65)51-49-47-45-43-41-39-37-35-22-20-18-16-14-12-10-8-6-4-2/h55-57,59-62,64-65,67-69H,3-54H2,1-2H3,(H,63,66). The summed E-state index contributed by atoms with van der Waals surface area (Å²) in [4.78, 5) is 13.1. The molecule has 0 radical (unpaired) electrons. The molecule has 9 nitrogen and oxygen atoms in total. The summed E-state index contributed by atoms with van der Waals surface area (Å²) in [6, 6.07) is -0.714. The van der Waals surface area contributed by atoms with E-state index < -0.39 is 49.5 Å². The van der Waals surface area contributed by atoms with E-state index in [-0.39, 0.29) is 12.5 Å². The van der Waals surface area contributed by atoms with Gasteiger partial charge < -0.3 is 40.3 Å². The van der Waals surface area contributed by atoms with Crippen molar-refractivity contribution in [1.82, 2.24) is 5.32 Å². The van der Waals surface area contributed by atoms with Crippen molar-refractivity contribution in [3.05, 3.63) is 0 Å². The van der Waals surface area contributed by atoms with Gasteiger partial charge in [-0.15, -0.1) is 0 Å². The molecule has 71 heavy (non-hydrogen) atoms. The van der Waals surface area contributed by atoms with Crippen LogP contribution < -0.4 is 5.32 Å². The Morgan fingerprint density at radius 2 is 0.704 bits per heavy atom. The Balaban J connectivity index is 2.11. The van der Waals surface area contributed by atoms with E-state index in [0.717, 1.165) is 38.5 Å². The molecule has 0 saturated carbocycles. The third-order valence-electron chi connectivity index (χ3n) is 15.7. The molecular weight excluding hydrogens is 887 g/mol. The Hall–Kier alpha value is -0.810. The van der Waals surface area contributed by atoms with Gasteiger partial charge in [-0.2, -0.15) is 0 Å². The average molecular weight is 1010 g/mol. The van der Waals surface area contributed by atoms with E-state index in [2.05, 4.69) is 19.2 Å². The summed E-state index contributed by atoms with van der Waals surface area (Å²) in [5.41, 5.74) is 0. The molecule has 0 aromatic carbocycles. The Labute approximate surface area is 440 Å². The number of hydrogen-bond acceptors (Lipinski definition) is 8. The van der Waals surface area contributed by atoms with Crippen molar-refractivity contribution < 1.29 is 39.8 Å². The highest BCUT2D eigenvalue weighted by Gasteiger charge is 2.44. The molecule has 9 heteroatoms. The van der Waals surface area contributed by atoms with Gasteiger partial charge >= 0.3 is 0 Å². The van der Waals surface area contributed by atoms with E-state index in [9.17, 15) is 30.3 Å². The van der Waals surface area contributed by atoms with Crippen LogP contribution >= 0.6 is 0 Å². The van der Waals surface area contributed by atoms with Crippen LogP contribution in [0.5, 0.6) is 0 Å². The minimum Gasteiger partial charge on any atom is -0.394 e. The zero-order valence-corrected chi connectivity index (χ0v) is 47.3. The zero-order chi connectivity index (χ0) is 51.5. The smallest absolute Gasteiger partial charge is 0.220 e. The predicted molar refractivity (Wildman–Crippen MR) is 300 cm³/mol. The molecule has 0 bridgehead atoms. The van der Waals surface area contributed by atoms with Crippen LogP contribution in [0, 0.1) is 0 Å². The number of aliphatic hydroxyl groups is 5. The topological polar surface area (TPSA) is 149 Å². The second-order valence-corrected chi connectivity index (χ2v) is 22.6. The first-order chi connectivity index (χ1) is 34.8. The molecule has 1 aliphatic rings. The Morgan fingerprint density at radius 3 is 1.00 bits per heavy atom. The quantitative estimate of drug-likeness (QED) is 0.0330. The fourth-order valence-corrected chi connectivity index (χ4v) is 10.7. The fourth-order valence-electron chi connectivity index (χ4n) is 10.7. The van der Waals surface area contributed by atoms with Crippen LogP contribution in [0.25, 0.3) is 0 Å². The normalized spacial score (nSPS) is 19.1. The van der Waals surface area contributed by atoms with Crippen LogP contribution in [0.15, 0.2) is 0 Å². The Bertz CT molecular complexity index is 1080. The van der Waals surface area contributed by atoms with Crippen molar-refractivity contribution in [2.24, 2.45) is 0 Å². The van der Waals surface area contributed by atoms with Crippen molar-refractivity contribution in [3.63, 3.8) is 0 Å². The van der Waals surface area contributed by atoms with E-state index in [1.807, 2.05) is 0 Å². The lowest BCUT2D eigenvalue weighted by atomic mass is 9.99. The molecule has 0 aromatic rings. The van der Waals surface area contributed by atoms with Crippen LogP contribution in [-0.2, 0) is 14.3 Å². The maximum absolute atomic E-state index is 13.1. The van der Waals surface area contributed by atoms with E-state index in [1.165, 1.54) is 270 Å². The van der Waals surface area contributed by atoms with Gasteiger partial charge in [0.15, 0.2) is 6.29 Å². The van der Waals surface area contributed by atoms with E-state index in [1.54, 1.807) is 0 Å². The molecule has 1 rings (SSSR count). The summed E-state index contributed by atoms with van der Waals surface area (Å²) in [7, 11) is 0. The number of nitrogens with one attached hydrogen (secondary N) is 1. The number of aliphatic hydroxyl groups excluding tert-OH is 5. The summed E-state index contributed by atoms with van der Waals surface area (Å²) < 4.78 is 11.3. The largest absolute Gasteiger partial charge is 0.394 e. The van der Waals surface area contributed by atoms with Crippen molar-refractivity contribution in [2.75, 3.05) is 13.2 Å². The predicted octanol–water partition coefficient (Wildman–Crippen LogP) is 16.2. The number of hydrogen-bond donors (Lipinski definition) is 6. The lowest BCUT2D eigenvalue weighted by Crippen LogP contribution is -2.60. The van der Waals surface area contributed by atoms with Gasteiger partial charge in [-0.25, -0.2) is 0 Å². The number of carbonyl (C=O) groups is 1. The maximum Gasteiger partial charge on any atom is 0.220 e. The first-order valence-corrected chi connectivity index (χ1v) is 31.7. The van der Waals surface area contributed by atoms with Crippen LogP contribution in [-0.4, -0.2) is 87.5 Å². The molecule has 7 atom stereocenters. The molecule has 424 valence electrons. The van der Waals surface area contributed by atoms with E-state index in [4.69, 9.17) is 9.47 Å². The summed E-state index contributed by atoms with van der Waals surface area (Å²) >= 11 is 0. The first kappa shape index (κ1) is 68.2. The number of rotatable bonds is 56. The number of ether oxygens (including phenoxy) is 2. The monoisotopic (exact) mass is 1010 g/mol. The van der Waals surface area contributed by atoms with Crippen LogP contribution in [0.2, 0.25) is 0 Å². The Morgan fingerprint density at radius 1 is 0.423 bits per heavy atom. The fraction of sp³-hybridized carbons (Fsp3) is 0.984. The summed E-state index contributed by atoms with van der Waals surface area (Å²) in [5, 5.41) is 54.8. The van der Waals surface area contributed by atoms with Crippen LogP contribution in [0.3, 0.4) is 0 Å². The van der Waals surface area contributed by atoms with Gasteiger partial charge in [0.05, 0.1) is 25.4 Å². The lowest BCUT2D eigenvalue weighted by Gasteiger charge is -2.40. The number of amides is 1. The molecule has 0 spiro atoms. The van der Waals surface area contributed by atoms with Crippen molar-refractivity contribution >= 4 is 5.91 Å². The molecule has 1 saturated heterocycles. The van der Waals surface area contributed by atoms with Gasteiger partial charge in [-0.3, -0.25) is 4.79 Å².